The Bertz CT molecular complexity index is 394. The van der Waals surface area contributed by atoms with Gasteiger partial charge in [-0.15, -0.1) is 11.3 Å². The van der Waals surface area contributed by atoms with Gasteiger partial charge in [0.2, 0.25) is 0 Å². The molecule has 0 radical (unpaired) electrons. The van der Waals surface area contributed by atoms with Crippen LogP contribution in [0.1, 0.15) is 79.6 Å². The lowest BCUT2D eigenvalue weighted by Gasteiger charge is -2.23. The summed E-state index contributed by atoms with van der Waals surface area (Å²) in [7, 11) is 0. The molecule has 1 unspecified atom stereocenters. The zero-order chi connectivity index (χ0) is 13.8. The van der Waals surface area contributed by atoms with Crippen LogP contribution in [-0.4, -0.2) is 6.54 Å². The molecule has 1 aromatic rings. The molecule has 1 atom stereocenters. The average molecular weight is 292 g/mol. The summed E-state index contributed by atoms with van der Waals surface area (Å²) >= 11 is 2.13. The maximum absolute atomic E-state index is 3.86. The highest BCUT2D eigenvalue weighted by Gasteiger charge is 2.28. The Morgan fingerprint density at radius 3 is 2.75 bits per heavy atom. The molecule has 1 nitrogen and oxygen atoms in total. The van der Waals surface area contributed by atoms with Gasteiger partial charge in [-0.25, -0.2) is 0 Å². The summed E-state index contributed by atoms with van der Waals surface area (Å²) in [5, 5.41) is 3.86. The maximum atomic E-state index is 3.86. The van der Waals surface area contributed by atoms with E-state index in [0.29, 0.717) is 6.04 Å². The van der Waals surface area contributed by atoms with E-state index in [1.54, 1.807) is 15.3 Å². The molecule has 2 heteroatoms. The molecule has 1 heterocycles. The number of rotatable bonds is 5. The average Bonchev–Trinajstić information content (AvgIpc) is 3.06. The van der Waals surface area contributed by atoms with Gasteiger partial charge in [-0.1, -0.05) is 26.2 Å². The van der Waals surface area contributed by atoms with E-state index >= 15 is 0 Å². The van der Waals surface area contributed by atoms with E-state index in [1.807, 2.05) is 0 Å². The number of thiophene rings is 1. The largest absolute Gasteiger partial charge is 0.309 e. The molecule has 0 aliphatic heterocycles. The summed E-state index contributed by atoms with van der Waals surface area (Å²) in [6.07, 6.45) is 13.9. The summed E-state index contributed by atoms with van der Waals surface area (Å²) in [5.41, 5.74) is 1.68. The van der Waals surface area contributed by atoms with Crippen LogP contribution in [0.4, 0.5) is 0 Å². The molecule has 0 aromatic carbocycles. The monoisotopic (exact) mass is 291 g/mol. The highest BCUT2D eigenvalue weighted by atomic mass is 32.1. The molecule has 0 amide bonds. The van der Waals surface area contributed by atoms with Crippen molar-refractivity contribution in [3.05, 3.63) is 21.4 Å². The fraction of sp³-hybridized carbons (Fsp3) is 0.778. The fourth-order valence-electron chi connectivity index (χ4n) is 3.93. The van der Waals surface area contributed by atoms with Crippen molar-refractivity contribution in [3.63, 3.8) is 0 Å². The Kier molecular flexibility index (Phi) is 5.17. The quantitative estimate of drug-likeness (QED) is 0.731. The Labute approximate surface area is 128 Å². The standard InChI is InChI=1S/C18H29NS/c1-2-12-19-18(14-8-6-7-9-14)17-13-15-10-4-3-5-11-16(15)20-17/h13-14,18-19H,2-12H2,1H3. The van der Waals surface area contributed by atoms with Crippen LogP contribution in [0.5, 0.6) is 0 Å². The molecule has 2 aliphatic rings. The first-order valence-corrected chi connectivity index (χ1v) is 9.55. The van der Waals surface area contributed by atoms with Gasteiger partial charge in [0.25, 0.3) is 0 Å². The first kappa shape index (κ1) is 14.6. The number of fused-ring (bicyclic) bond motifs is 1. The van der Waals surface area contributed by atoms with Gasteiger partial charge >= 0.3 is 0 Å². The van der Waals surface area contributed by atoms with Crippen molar-refractivity contribution < 1.29 is 0 Å². The van der Waals surface area contributed by atoms with Crippen molar-refractivity contribution in [2.24, 2.45) is 5.92 Å². The topological polar surface area (TPSA) is 12.0 Å². The lowest BCUT2D eigenvalue weighted by molar-refractivity contribution is 0.373. The number of nitrogens with one attached hydrogen (secondary N) is 1. The van der Waals surface area contributed by atoms with Crippen LogP contribution in [0.3, 0.4) is 0 Å². The molecular formula is C18H29NS. The lowest BCUT2D eigenvalue weighted by Crippen LogP contribution is -2.27. The van der Waals surface area contributed by atoms with Gasteiger partial charge in [-0.05, 0) is 69.0 Å². The van der Waals surface area contributed by atoms with Crippen molar-refractivity contribution in [1.82, 2.24) is 5.32 Å². The molecule has 2 aliphatic carbocycles. The molecule has 0 saturated heterocycles. The third-order valence-electron chi connectivity index (χ3n) is 5.06. The van der Waals surface area contributed by atoms with Crippen molar-refractivity contribution in [2.45, 2.75) is 77.2 Å². The molecule has 0 spiro atoms. The third-order valence-corrected chi connectivity index (χ3v) is 6.38. The van der Waals surface area contributed by atoms with E-state index in [0.717, 1.165) is 5.92 Å². The first-order valence-electron chi connectivity index (χ1n) is 8.73. The van der Waals surface area contributed by atoms with Crippen molar-refractivity contribution in [3.8, 4) is 0 Å². The van der Waals surface area contributed by atoms with Gasteiger partial charge < -0.3 is 5.32 Å². The second-order valence-electron chi connectivity index (χ2n) is 6.63. The zero-order valence-electron chi connectivity index (χ0n) is 12.9. The Hall–Kier alpha value is -0.340. The fourth-order valence-corrected chi connectivity index (χ4v) is 5.36. The van der Waals surface area contributed by atoms with Crippen LogP contribution in [0, 0.1) is 5.92 Å². The van der Waals surface area contributed by atoms with E-state index in [9.17, 15) is 0 Å². The second-order valence-corrected chi connectivity index (χ2v) is 7.80. The SMILES string of the molecule is CCCNC(c1cc2c(s1)CCCCC2)C1CCCC1. The van der Waals surface area contributed by atoms with Crippen LogP contribution >= 0.6 is 11.3 Å². The Morgan fingerprint density at radius 1 is 1.15 bits per heavy atom. The van der Waals surface area contributed by atoms with Crippen LogP contribution in [-0.2, 0) is 12.8 Å². The van der Waals surface area contributed by atoms with Crippen molar-refractivity contribution in [1.29, 1.82) is 0 Å². The van der Waals surface area contributed by atoms with Crippen LogP contribution in [0.15, 0.2) is 6.07 Å². The minimum atomic E-state index is 0.648. The van der Waals surface area contributed by atoms with E-state index in [1.165, 1.54) is 70.8 Å². The molecule has 1 fully saturated rings. The molecule has 1 N–H and O–H groups in total. The molecule has 0 bridgehead atoms. The summed E-state index contributed by atoms with van der Waals surface area (Å²) in [6.45, 7) is 3.45. The molecule has 3 rings (SSSR count). The predicted molar refractivity (Wildman–Crippen MR) is 88.6 cm³/mol. The Balaban J connectivity index is 1.78. The second kappa shape index (κ2) is 7.09. The summed E-state index contributed by atoms with van der Waals surface area (Å²) in [5.74, 6) is 0.892. The lowest BCUT2D eigenvalue weighted by atomic mass is 9.96. The highest BCUT2D eigenvalue weighted by molar-refractivity contribution is 7.12. The Morgan fingerprint density at radius 2 is 1.95 bits per heavy atom. The normalized spacial score (nSPS) is 21.6. The zero-order valence-corrected chi connectivity index (χ0v) is 13.7. The summed E-state index contributed by atoms with van der Waals surface area (Å²) < 4.78 is 0. The molecule has 1 aromatic heterocycles. The molecule has 20 heavy (non-hydrogen) atoms. The summed E-state index contributed by atoms with van der Waals surface area (Å²) in [4.78, 5) is 3.36. The van der Waals surface area contributed by atoms with Gasteiger partial charge in [-0.3, -0.25) is 0 Å². The van der Waals surface area contributed by atoms with E-state index in [4.69, 9.17) is 0 Å². The van der Waals surface area contributed by atoms with Crippen molar-refractivity contribution >= 4 is 11.3 Å². The number of hydrogen-bond acceptors (Lipinski definition) is 2. The van der Waals surface area contributed by atoms with Gasteiger partial charge in [0.05, 0.1) is 0 Å². The van der Waals surface area contributed by atoms with Crippen molar-refractivity contribution in [2.75, 3.05) is 6.54 Å². The van der Waals surface area contributed by atoms with E-state index in [-0.39, 0.29) is 0 Å². The van der Waals surface area contributed by atoms with Gasteiger partial charge in [-0.2, -0.15) is 0 Å². The highest BCUT2D eigenvalue weighted by Crippen LogP contribution is 2.40. The number of hydrogen-bond donors (Lipinski definition) is 1. The minimum Gasteiger partial charge on any atom is -0.309 e. The van der Waals surface area contributed by atoms with Gasteiger partial charge in [0, 0.05) is 15.8 Å². The molecule has 1 saturated carbocycles. The maximum Gasteiger partial charge on any atom is 0.0443 e. The van der Waals surface area contributed by atoms with E-state index < -0.39 is 0 Å². The number of aryl methyl sites for hydroxylation is 2. The molecular weight excluding hydrogens is 262 g/mol. The van der Waals surface area contributed by atoms with E-state index in [2.05, 4.69) is 29.6 Å². The van der Waals surface area contributed by atoms with Crippen LogP contribution in [0.25, 0.3) is 0 Å². The van der Waals surface area contributed by atoms with Gasteiger partial charge in [0.15, 0.2) is 0 Å². The minimum absolute atomic E-state index is 0.648. The summed E-state index contributed by atoms with van der Waals surface area (Å²) in [6, 6.07) is 3.21. The smallest absolute Gasteiger partial charge is 0.0443 e. The van der Waals surface area contributed by atoms with Gasteiger partial charge in [0.1, 0.15) is 0 Å². The van der Waals surface area contributed by atoms with Crippen LogP contribution in [0.2, 0.25) is 0 Å². The molecule has 112 valence electrons. The first-order chi connectivity index (χ1) is 9.88. The van der Waals surface area contributed by atoms with Crippen LogP contribution < -0.4 is 5.32 Å². The predicted octanol–water partition coefficient (Wildman–Crippen LogP) is 5.25. The third kappa shape index (κ3) is 3.28.